The number of hydrogen-bond acceptors (Lipinski definition) is 0. The zero-order valence-electron chi connectivity index (χ0n) is 19.4. The molecular weight excluding hydrogens is 436 g/mol. The van der Waals surface area contributed by atoms with Gasteiger partial charge in [-0.25, -0.2) is 0 Å². The molecule has 0 fully saturated rings. The molecule has 0 aliphatic rings. The van der Waals surface area contributed by atoms with Gasteiger partial charge in [0.1, 0.15) is 0 Å². The Morgan fingerprint density at radius 1 is 0.371 bits per heavy atom. The Morgan fingerprint density at radius 3 is 1.03 bits per heavy atom. The summed E-state index contributed by atoms with van der Waals surface area (Å²) in [5.74, 6) is 0. The van der Waals surface area contributed by atoms with Gasteiger partial charge in [-0.1, -0.05) is 145 Å². The van der Waals surface area contributed by atoms with Crippen LogP contribution in [0.3, 0.4) is 0 Å². The van der Waals surface area contributed by atoms with Gasteiger partial charge in [-0.05, 0) is 56.7 Å². The molecule has 165 valence electrons. The summed E-state index contributed by atoms with van der Waals surface area (Å²) in [6, 6.07) is 49.0. The van der Waals surface area contributed by atoms with Crippen molar-refractivity contribution in [1.29, 1.82) is 0 Å². The van der Waals surface area contributed by atoms with Crippen molar-refractivity contribution in [2.45, 2.75) is 0 Å². The van der Waals surface area contributed by atoms with Crippen molar-refractivity contribution < 1.29 is 0 Å². The zero-order valence-corrected chi connectivity index (χ0v) is 20.4. The molecule has 1 heteroatoms. The summed E-state index contributed by atoms with van der Waals surface area (Å²) >= 11 is 0. The van der Waals surface area contributed by atoms with E-state index >= 15 is 0 Å². The molecule has 0 nitrogen and oxygen atoms in total. The first-order valence-electron chi connectivity index (χ1n) is 11.8. The lowest BCUT2D eigenvalue weighted by Gasteiger charge is -2.11. The average Bonchev–Trinajstić information content (AvgIpc) is 2.93. The molecule has 3 radical (unpaired) electrons. The topological polar surface area (TPSA) is 0 Å². The minimum Gasteiger partial charge on any atom is -0.0673 e. The highest BCUT2D eigenvalue weighted by atomic mass is 28.1. The maximum absolute atomic E-state index is 3.61. The van der Waals surface area contributed by atoms with Gasteiger partial charge in [-0.2, -0.15) is 0 Å². The van der Waals surface area contributed by atoms with E-state index in [-0.39, 0.29) is 0 Å². The lowest BCUT2D eigenvalue weighted by molar-refractivity contribution is 1.54. The van der Waals surface area contributed by atoms with Crippen LogP contribution in [-0.2, 0) is 0 Å². The van der Waals surface area contributed by atoms with Crippen molar-refractivity contribution >= 4 is 38.7 Å². The van der Waals surface area contributed by atoms with Crippen LogP contribution in [0.25, 0.3) is 23.3 Å². The van der Waals surface area contributed by atoms with Gasteiger partial charge in [0, 0.05) is 0 Å². The fourth-order valence-corrected chi connectivity index (χ4v) is 4.36. The molecule has 0 atom stereocenters. The lowest BCUT2D eigenvalue weighted by Crippen LogP contribution is -2.00. The molecule has 5 rings (SSSR count). The van der Waals surface area contributed by atoms with E-state index in [1.807, 2.05) is 0 Å². The van der Waals surface area contributed by atoms with E-state index in [0.29, 0.717) is 0 Å². The molecule has 0 spiro atoms. The van der Waals surface area contributed by atoms with Crippen LogP contribution in [0.4, 0.5) is 0 Å². The molecule has 0 bridgehead atoms. The van der Waals surface area contributed by atoms with E-state index in [0.717, 1.165) is 5.19 Å². The molecule has 35 heavy (non-hydrogen) atoms. The Balaban J connectivity index is 1.52. The molecule has 0 aliphatic carbocycles. The number of rotatable bonds is 6. The van der Waals surface area contributed by atoms with Crippen LogP contribution < -0.4 is 5.19 Å². The fourth-order valence-electron chi connectivity index (χ4n) is 4.19. The second-order valence-corrected chi connectivity index (χ2v) is 9.04. The van der Waals surface area contributed by atoms with Crippen LogP contribution in [-0.4, -0.2) is 10.2 Å². The van der Waals surface area contributed by atoms with E-state index < -0.39 is 0 Å². The third kappa shape index (κ3) is 5.66. The highest BCUT2D eigenvalue weighted by Crippen LogP contribution is 2.28. The molecule has 0 heterocycles. The van der Waals surface area contributed by atoms with E-state index in [1.54, 1.807) is 0 Å². The van der Waals surface area contributed by atoms with Crippen molar-refractivity contribution in [2.75, 3.05) is 0 Å². The normalized spacial score (nSPS) is 11.2. The molecule has 0 aromatic heterocycles. The van der Waals surface area contributed by atoms with Gasteiger partial charge in [0.05, 0.1) is 10.2 Å². The van der Waals surface area contributed by atoms with Gasteiger partial charge in [0.25, 0.3) is 0 Å². The van der Waals surface area contributed by atoms with Gasteiger partial charge in [0.2, 0.25) is 0 Å². The summed E-state index contributed by atoms with van der Waals surface area (Å²) in [6.45, 7) is 0. The van der Waals surface area contributed by atoms with Crippen molar-refractivity contribution in [3.63, 3.8) is 0 Å². The summed E-state index contributed by atoms with van der Waals surface area (Å²) in [5, 5.41) is 1.07. The fraction of sp³-hybridized carbons (Fsp3) is 0. The summed E-state index contributed by atoms with van der Waals surface area (Å²) < 4.78 is 0. The maximum atomic E-state index is 3.61. The predicted octanol–water partition coefficient (Wildman–Crippen LogP) is 7.66. The Bertz CT molecular complexity index is 1390. The lowest BCUT2D eigenvalue weighted by atomic mass is 9.94. The minimum absolute atomic E-state index is 1.07. The first-order valence-corrected chi connectivity index (χ1v) is 12.3. The predicted molar refractivity (Wildman–Crippen MR) is 152 cm³/mol. The highest BCUT2D eigenvalue weighted by molar-refractivity contribution is 6.32. The van der Waals surface area contributed by atoms with Gasteiger partial charge in [-0.3, -0.25) is 0 Å². The third-order valence-electron chi connectivity index (χ3n) is 6.01. The van der Waals surface area contributed by atoms with Crippen LogP contribution in [0.15, 0.2) is 140 Å². The summed E-state index contributed by atoms with van der Waals surface area (Å²) in [7, 11) is 3.61. The Morgan fingerprint density at radius 2 is 0.686 bits per heavy atom. The average molecular weight is 462 g/mol. The second kappa shape index (κ2) is 10.8. The van der Waals surface area contributed by atoms with E-state index in [1.165, 1.54) is 44.5 Å². The van der Waals surface area contributed by atoms with Crippen LogP contribution in [0.5, 0.6) is 0 Å². The van der Waals surface area contributed by atoms with Gasteiger partial charge < -0.3 is 0 Å². The number of hydrogen-bond donors (Lipinski definition) is 0. The number of benzene rings is 5. The third-order valence-corrected chi connectivity index (χ3v) is 6.34. The van der Waals surface area contributed by atoms with Crippen molar-refractivity contribution in [3.05, 3.63) is 173 Å². The summed E-state index contributed by atoms with van der Waals surface area (Å²) in [5.41, 5.74) is 9.59. The Hall–Kier alpha value is -4.20. The van der Waals surface area contributed by atoms with E-state index in [9.17, 15) is 0 Å². The highest BCUT2D eigenvalue weighted by Gasteiger charge is 2.07. The quantitative estimate of drug-likeness (QED) is 0.180. The SMILES string of the molecule is [Si]c1ccc(/C(=C/c2ccc(C=C(c3ccccc3)c3ccccc3)cc2)c2ccccc2)cc1. The molecule has 0 amide bonds. The van der Waals surface area contributed by atoms with Crippen molar-refractivity contribution in [3.8, 4) is 0 Å². The monoisotopic (exact) mass is 461 g/mol. The van der Waals surface area contributed by atoms with Gasteiger partial charge >= 0.3 is 0 Å². The Labute approximate surface area is 211 Å². The molecule has 0 saturated carbocycles. The van der Waals surface area contributed by atoms with Crippen molar-refractivity contribution in [1.82, 2.24) is 0 Å². The first-order chi connectivity index (χ1) is 17.3. The van der Waals surface area contributed by atoms with Crippen LogP contribution >= 0.6 is 0 Å². The van der Waals surface area contributed by atoms with Crippen molar-refractivity contribution in [2.24, 2.45) is 0 Å². The standard InChI is InChI=1S/C34H25Si/c35-32-22-20-31(21-23-32)34(30-14-8-3-9-15-30)25-27-18-16-26(17-19-27)24-33(28-10-4-1-5-11-28)29-12-6-2-7-13-29/h1-25H/b34-25+. The van der Waals surface area contributed by atoms with E-state index in [4.69, 9.17) is 0 Å². The molecule has 0 aliphatic heterocycles. The summed E-state index contributed by atoms with van der Waals surface area (Å²) in [6.07, 6.45) is 4.53. The first kappa shape index (κ1) is 22.6. The molecule has 5 aromatic carbocycles. The Kier molecular flexibility index (Phi) is 6.98. The molecule has 0 N–H and O–H groups in total. The smallest absolute Gasteiger partial charge is 0.0673 e. The van der Waals surface area contributed by atoms with Crippen LogP contribution in [0, 0.1) is 0 Å². The maximum Gasteiger partial charge on any atom is 0.0711 e. The minimum atomic E-state index is 1.07. The largest absolute Gasteiger partial charge is 0.0711 e. The van der Waals surface area contributed by atoms with Crippen LogP contribution in [0.1, 0.15) is 33.4 Å². The second-order valence-electron chi connectivity index (χ2n) is 8.46. The van der Waals surface area contributed by atoms with Crippen LogP contribution in [0.2, 0.25) is 0 Å². The summed E-state index contributed by atoms with van der Waals surface area (Å²) in [4.78, 5) is 0. The molecule has 0 saturated heterocycles. The van der Waals surface area contributed by atoms with E-state index in [2.05, 4.69) is 162 Å². The van der Waals surface area contributed by atoms with Gasteiger partial charge in [-0.15, -0.1) is 0 Å². The molecule has 5 aromatic rings. The zero-order chi connectivity index (χ0) is 23.9. The molecular formula is C34H25Si. The molecule has 0 unspecified atom stereocenters. The van der Waals surface area contributed by atoms with Gasteiger partial charge in [0.15, 0.2) is 0 Å².